The first-order valence-corrected chi connectivity index (χ1v) is 18.7. The molecule has 176 valence electrons. The van der Waals surface area contributed by atoms with E-state index in [0.29, 0.717) is 0 Å². The molecule has 0 fully saturated rings. The fourth-order valence-corrected chi connectivity index (χ4v) is 9.17. The molecule has 9 heteroatoms. The van der Waals surface area contributed by atoms with Gasteiger partial charge in [-0.3, -0.25) is 0 Å². The summed E-state index contributed by atoms with van der Waals surface area (Å²) in [6.07, 6.45) is 4.15. The van der Waals surface area contributed by atoms with E-state index in [1.165, 1.54) is 69.0 Å². The molecule has 0 aromatic rings. The molecule has 0 unspecified atom stereocenters. The van der Waals surface area contributed by atoms with E-state index in [9.17, 15) is 5.11 Å². The van der Waals surface area contributed by atoms with E-state index >= 15 is 0 Å². The van der Waals surface area contributed by atoms with Crippen molar-refractivity contribution >= 4 is 95.8 Å². The third kappa shape index (κ3) is 26.9. The Hall–Kier alpha value is 2.76. The van der Waals surface area contributed by atoms with Crippen LogP contribution < -0.4 is 0 Å². The summed E-state index contributed by atoms with van der Waals surface area (Å²) in [4.78, 5) is 0. The fourth-order valence-electron chi connectivity index (χ4n) is 2.45. The first-order chi connectivity index (χ1) is 14.1. The van der Waals surface area contributed by atoms with Gasteiger partial charge in [-0.25, -0.2) is 0 Å². The van der Waals surface area contributed by atoms with Crippen molar-refractivity contribution in [3.8, 4) is 0 Å². The zero-order valence-corrected chi connectivity index (χ0v) is 24.7. The van der Waals surface area contributed by atoms with Crippen molar-refractivity contribution < 1.29 is 5.11 Å². The highest BCUT2D eigenvalue weighted by molar-refractivity contribution is 8.05. The Bertz CT molecular complexity index is 293. The van der Waals surface area contributed by atoms with Crippen molar-refractivity contribution in [2.24, 2.45) is 0 Å². The smallest absolute Gasteiger partial charge is 0.0620 e. The highest BCUT2D eigenvalue weighted by Gasteiger charge is 2.18. The maximum absolute atomic E-state index is 10.6. The van der Waals surface area contributed by atoms with Crippen molar-refractivity contribution in [2.45, 2.75) is 38.2 Å². The average Bonchev–Trinajstić information content (AvgIpc) is 2.70. The van der Waals surface area contributed by atoms with Crippen LogP contribution in [0, 0.1) is 0 Å². The minimum atomic E-state index is -0.473. The summed E-state index contributed by atoms with van der Waals surface area (Å²) in [6, 6.07) is 0. The number of hydrogen-bond acceptors (Lipinski definition) is 9. The Morgan fingerprint density at radius 1 is 0.517 bits per heavy atom. The van der Waals surface area contributed by atoms with Crippen LogP contribution in [0.15, 0.2) is 0 Å². The molecule has 0 spiro atoms. The molecule has 0 bridgehead atoms. The van der Waals surface area contributed by atoms with Crippen LogP contribution in [0.4, 0.5) is 0 Å². The Kier molecular flexibility index (Phi) is 27.8. The van der Waals surface area contributed by atoms with Crippen LogP contribution in [0.5, 0.6) is 0 Å². The Labute approximate surface area is 218 Å². The summed E-state index contributed by atoms with van der Waals surface area (Å²) in [6.45, 7) is 2.03. The molecule has 0 aliphatic heterocycles. The maximum atomic E-state index is 10.6. The summed E-state index contributed by atoms with van der Waals surface area (Å²) in [5.74, 6) is 16.7. The topological polar surface area (TPSA) is 20.2 Å². The highest BCUT2D eigenvalue weighted by atomic mass is 32.2. The normalized spacial score (nSPS) is 12.0. The third-order valence-electron chi connectivity index (χ3n) is 3.97. The lowest BCUT2D eigenvalue weighted by Crippen LogP contribution is -2.24. The molecule has 29 heavy (non-hydrogen) atoms. The lowest BCUT2D eigenvalue weighted by Gasteiger charge is -2.23. The van der Waals surface area contributed by atoms with E-state index in [4.69, 9.17) is 0 Å². The van der Waals surface area contributed by atoms with Gasteiger partial charge < -0.3 is 5.11 Å². The minimum Gasteiger partial charge on any atom is -0.390 e. The standard InChI is InChI=1S/C20H42OS8/c1-20(21,4-2-8-24-12-16-28-18-14-26-10-6-22)5-3-9-25-13-17-29-19-15-27-11-7-23/h21-23H,2-19H2,1H3. The molecule has 1 N–H and O–H groups in total. The van der Waals surface area contributed by atoms with Crippen LogP contribution in [-0.4, -0.2) is 91.2 Å². The first-order valence-electron chi connectivity index (χ1n) is 10.5. The number of hydrogen-bond donors (Lipinski definition) is 3. The van der Waals surface area contributed by atoms with Gasteiger partial charge in [0.2, 0.25) is 0 Å². The molecule has 0 saturated heterocycles. The summed E-state index contributed by atoms with van der Waals surface area (Å²) in [5, 5.41) is 10.6. The van der Waals surface area contributed by atoms with Crippen LogP contribution in [0.1, 0.15) is 32.6 Å². The van der Waals surface area contributed by atoms with Gasteiger partial charge in [0.05, 0.1) is 5.60 Å². The number of aliphatic hydroxyl groups is 1. The van der Waals surface area contributed by atoms with E-state index < -0.39 is 5.60 Å². The molecule has 0 aromatic heterocycles. The molecular formula is C20H42OS8. The minimum absolute atomic E-state index is 0.473. The Morgan fingerprint density at radius 3 is 1.10 bits per heavy atom. The molecule has 0 heterocycles. The van der Waals surface area contributed by atoms with Gasteiger partial charge in [0, 0.05) is 57.5 Å². The number of rotatable bonds is 24. The van der Waals surface area contributed by atoms with Crippen LogP contribution in [0.3, 0.4) is 0 Å². The lowest BCUT2D eigenvalue weighted by molar-refractivity contribution is 0.0411. The van der Waals surface area contributed by atoms with Gasteiger partial charge in [-0.05, 0) is 55.6 Å². The van der Waals surface area contributed by atoms with Crippen molar-refractivity contribution in [3.05, 3.63) is 0 Å². The van der Waals surface area contributed by atoms with Gasteiger partial charge in [0.15, 0.2) is 0 Å². The SMILES string of the molecule is CC(O)(CCCSCCSCCSCCS)CCCSCCSCCSCCS. The van der Waals surface area contributed by atoms with Gasteiger partial charge in [0.1, 0.15) is 0 Å². The van der Waals surface area contributed by atoms with E-state index in [1.54, 1.807) is 0 Å². The van der Waals surface area contributed by atoms with Gasteiger partial charge in [-0.2, -0.15) is 95.8 Å². The van der Waals surface area contributed by atoms with Crippen molar-refractivity contribution in [1.29, 1.82) is 0 Å². The molecule has 0 radical (unpaired) electrons. The quantitative estimate of drug-likeness (QED) is 0.0916. The molecule has 0 amide bonds. The molecule has 0 aromatic carbocycles. The molecule has 0 rings (SSSR count). The van der Waals surface area contributed by atoms with Crippen LogP contribution in [0.2, 0.25) is 0 Å². The fraction of sp³-hybridized carbons (Fsp3) is 1.00. The van der Waals surface area contributed by atoms with Gasteiger partial charge in [0.25, 0.3) is 0 Å². The Balaban J connectivity index is 3.30. The average molecular weight is 555 g/mol. The maximum Gasteiger partial charge on any atom is 0.0620 e. The Morgan fingerprint density at radius 2 is 0.793 bits per heavy atom. The molecule has 1 nitrogen and oxygen atoms in total. The second-order valence-electron chi connectivity index (χ2n) is 6.83. The van der Waals surface area contributed by atoms with Gasteiger partial charge in [-0.15, -0.1) is 0 Å². The first kappa shape index (κ1) is 31.8. The lowest BCUT2D eigenvalue weighted by atomic mass is 9.95. The molecule has 0 saturated carbocycles. The van der Waals surface area contributed by atoms with E-state index in [-0.39, 0.29) is 0 Å². The van der Waals surface area contributed by atoms with E-state index in [0.717, 1.165) is 37.2 Å². The second kappa shape index (κ2) is 25.4. The predicted molar refractivity (Wildman–Crippen MR) is 161 cm³/mol. The van der Waals surface area contributed by atoms with Gasteiger partial charge in [-0.1, -0.05) is 0 Å². The van der Waals surface area contributed by atoms with Gasteiger partial charge >= 0.3 is 0 Å². The monoisotopic (exact) mass is 554 g/mol. The molecule has 0 aliphatic rings. The van der Waals surface area contributed by atoms with E-state index in [2.05, 4.69) is 48.8 Å². The summed E-state index contributed by atoms with van der Waals surface area (Å²) in [7, 11) is 0. The van der Waals surface area contributed by atoms with E-state index in [1.807, 2.05) is 54.0 Å². The summed E-state index contributed by atoms with van der Waals surface area (Å²) >= 11 is 20.7. The third-order valence-corrected chi connectivity index (χ3v) is 12.1. The molecule has 0 atom stereocenters. The largest absolute Gasteiger partial charge is 0.390 e. The van der Waals surface area contributed by atoms with Crippen molar-refractivity contribution in [2.75, 3.05) is 80.5 Å². The van der Waals surface area contributed by atoms with Crippen molar-refractivity contribution in [3.63, 3.8) is 0 Å². The highest BCUT2D eigenvalue weighted by Crippen LogP contribution is 2.22. The second-order valence-corrected chi connectivity index (χ2v) is 15.1. The number of thioether (sulfide) groups is 6. The summed E-state index contributed by atoms with van der Waals surface area (Å²) in [5.41, 5.74) is -0.473. The van der Waals surface area contributed by atoms with Crippen LogP contribution >= 0.6 is 95.8 Å². The molecule has 0 aliphatic carbocycles. The summed E-state index contributed by atoms with van der Waals surface area (Å²) < 4.78 is 0. The molecular weight excluding hydrogens is 513 g/mol. The van der Waals surface area contributed by atoms with Crippen LogP contribution in [0.25, 0.3) is 0 Å². The predicted octanol–water partition coefficient (Wildman–Crippen LogP) is 6.56. The van der Waals surface area contributed by atoms with Crippen LogP contribution in [-0.2, 0) is 0 Å². The number of thiol groups is 2. The zero-order chi connectivity index (χ0) is 21.5. The van der Waals surface area contributed by atoms with Crippen molar-refractivity contribution in [1.82, 2.24) is 0 Å². The zero-order valence-electron chi connectivity index (χ0n) is 18.0.